The van der Waals surface area contributed by atoms with Crippen LogP contribution in [-0.4, -0.2) is 17.4 Å². The number of furan rings is 1. The Morgan fingerprint density at radius 2 is 1.47 bits per heavy atom. The maximum absolute atomic E-state index is 6.22. The summed E-state index contributed by atoms with van der Waals surface area (Å²) in [5.41, 5.74) is 6.66. The van der Waals surface area contributed by atoms with Gasteiger partial charge in [0, 0.05) is 16.8 Å². The van der Waals surface area contributed by atoms with E-state index in [2.05, 4.69) is 121 Å². The molecule has 4 aromatic rings. The van der Waals surface area contributed by atoms with Gasteiger partial charge < -0.3 is 14.2 Å². The summed E-state index contributed by atoms with van der Waals surface area (Å²) in [7, 11) is 0. The van der Waals surface area contributed by atoms with Crippen LogP contribution in [0.1, 0.15) is 26.5 Å². The number of para-hydroxylation sites is 4. The average molecular weight is 419 g/mol. The van der Waals surface area contributed by atoms with E-state index in [-0.39, 0.29) is 12.5 Å². The normalized spacial score (nSPS) is 16.9. The molecular weight excluding hydrogens is 393 g/mol. The Balaban J connectivity index is 1.54. The van der Waals surface area contributed by atoms with Gasteiger partial charge in [-0.15, -0.1) is 0 Å². The van der Waals surface area contributed by atoms with Gasteiger partial charge in [-0.25, -0.2) is 0 Å². The Morgan fingerprint density at radius 1 is 0.812 bits per heavy atom. The van der Waals surface area contributed by atoms with Gasteiger partial charge >= 0.3 is 6.85 Å². The topological polar surface area (TPSA) is 22.9 Å². The Morgan fingerprint density at radius 3 is 2.25 bits per heavy atom. The number of anilines is 3. The molecule has 2 aliphatic heterocycles. The van der Waals surface area contributed by atoms with Crippen molar-refractivity contribution in [1.82, 2.24) is 4.92 Å². The fraction of sp³-hybridized carbons (Fsp3) is 0.185. The van der Waals surface area contributed by atoms with Gasteiger partial charge in [0.1, 0.15) is 17.0 Å². The first-order chi connectivity index (χ1) is 15.5. The monoisotopic (exact) mass is 419 g/mol. The van der Waals surface area contributed by atoms with Crippen LogP contribution in [0.15, 0.2) is 89.0 Å². The molecule has 4 nitrogen and oxygen atoms in total. The number of rotatable bonds is 2. The van der Waals surface area contributed by atoms with E-state index in [9.17, 15) is 0 Å². The average Bonchev–Trinajstić information content (AvgIpc) is 3.26. The van der Waals surface area contributed by atoms with Crippen molar-refractivity contribution in [2.24, 2.45) is 0 Å². The van der Waals surface area contributed by atoms with Crippen molar-refractivity contribution in [1.29, 1.82) is 0 Å². The first-order valence-electron chi connectivity index (χ1n) is 11.2. The van der Waals surface area contributed by atoms with E-state index in [0.717, 1.165) is 11.3 Å². The van der Waals surface area contributed by atoms with Gasteiger partial charge in [0.2, 0.25) is 0 Å². The van der Waals surface area contributed by atoms with E-state index in [1.54, 1.807) is 0 Å². The fourth-order valence-corrected chi connectivity index (χ4v) is 5.57. The minimum atomic E-state index is -0.314. The maximum atomic E-state index is 6.22. The zero-order valence-corrected chi connectivity index (χ0v) is 18.9. The smallest absolute Gasteiger partial charge is 0.315 e. The van der Waals surface area contributed by atoms with Crippen LogP contribution >= 0.6 is 0 Å². The summed E-state index contributed by atoms with van der Waals surface area (Å²) in [6.45, 7) is 9.17. The third-order valence-electron chi connectivity index (χ3n) is 6.79. The zero-order chi connectivity index (χ0) is 22.0. The van der Waals surface area contributed by atoms with E-state index in [1.807, 2.05) is 6.07 Å². The van der Waals surface area contributed by atoms with Gasteiger partial charge in [-0.1, -0.05) is 55.4 Å². The number of nitrogens with zero attached hydrogens (tertiary/aromatic N) is 3. The van der Waals surface area contributed by atoms with Gasteiger partial charge in [0.25, 0.3) is 0 Å². The highest BCUT2D eigenvalue weighted by molar-refractivity contribution is 6.73. The molecule has 0 N–H and O–H groups in total. The van der Waals surface area contributed by atoms with Crippen LogP contribution in [0, 0.1) is 0 Å². The van der Waals surface area contributed by atoms with E-state index >= 15 is 0 Å². The molecule has 158 valence electrons. The summed E-state index contributed by atoms with van der Waals surface area (Å²) in [5.74, 6) is 0.970. The lowest BCUT2D eigenvalue weighted by Crippen LogP contribution is -2.64. The third kappa shape index (κ3) is 2.51. The first-order valence-corrected chi connectivity index (χ1v) is 11.2. The van der Waals surface area contributed by atoms with Crippen molar-refractivity contribution in [3.05, 3.63) is 90.3 Å². The fourth-order valence-electron chi connectivity index (χ4n) is 5.57. The van der Waals surface area contributed by atoms with Crippen LogP contribution in [0.5, 0.6) is 0 Å². The number of benzene rings is 3. The van der Waals surface area contributed by atoms with E-state index in [1.165, 1.54) is 33.6 Å². The largest absolute Gasteiger partial charge is 0.457 e. The van der Waals surface area contributed by atoms with Crippen molar-refractivity contribution in [2.45, 2.75) is 33.3 Å². The Kier molecular flexibility index (Phi) is 4.00. The molecule has 5 heteroatoms. The summed E-state index contributed by atoms with van der Waals surface area (Å²) in [5, 5.41) is 3.64. The van der Waals surface area contributed by atoms with Crippen molar-refractivity contribution in [2.75, 3.05) is 9.91 Å². The molecule has 0 spiro atoms. The van der Waals surface area contributed by atoms with Gasteiger partial charge in [-0.2, -0.15) is 0 Å². The molecule has 0 bridgehead atoms. The Labute approximate surface area is 189 Å². The zero-order valence-electron chi connectivity index (χ0n) is 18.9. The van der Waals surface area contributed by atoms with Gasteiger partial charge in [0.05, 0.1) is 11.4 Å². The van der Waals surface area contributed by atoms with E-state index < -0.39 is 0 Å². The van der Waals surface area contributed by atoms with Gasteiger partial charge in [-0.05, 0) is 62.6 Å². The second-order valence-corrected chi connectivity index (χ2v) is 9.15. The minimum absolute atomic E-state index is 0.127. The predicted octanol–water partition coefficient (Wildman–Crippen LogP) is 6.25. The first kappa shape index (κ1) is 19.1. The van der Waals surface area contributed by atoms with Crippen LogP contribution < -0.4 is 15.4 Å². The number of fused-ring (bicyclic) bond motifs is 4. The van der Waals surface area contributed by atoms with E-state index in [4.69, 9.17) is 4.42 Å². The molecule has 0 radical (unpaired) electrons. The van der Waals surface area contributed by atoms with Crippen LogP contribution in [0.3, 0.4) is 0 Å². The molecule has 0 fully saturated rings. The minimum Gasteiger partial charge on any atom is -0.457 e. The molecule has 3 heterocycles. The predicted molar refractivity (Wildman–Crippen MR) is 135 cm³/mol. The van der Waals surface area contributed by atoms with Crippen molar-refractivity contribution >= 4 is 46.4 Å². The van der Waals surface area contributed by atoms with Gasteiger partial charge in [-0.3, -0.25) is 5.01 Å². The second-order valence-electron chi connectivity index (χ2n) is 9.15. The summed E-state index contributed by atoms with van der Waals surface area (Å²) in [6.07, 6.45) is 2.18. The quantitative estimate of drug-likeness (QED) is 0.359. The summed E-state index contributed by atoms with van der Waals surface area (Å²) in [6, 6.07) is 27.7. The molecule has 0 atom stereocenters. The molecule has 3 aromatic carbocycles. The number of hydrogen-bond donors (Lipinski definition) is 0. The lowest BCUT2D eigenvalue weighted by atomic mass is 9.54. The number of hydrazine groups is 1. The van der Waals surface area contributed by atoms with Crippen LogP contribution in [-0.2, 0) is 0 Å². The molecule has 0 aliphatic carbocycles. The number of hydrogen-bond acceptors (Lipinski definition) is 4. The SMILES string of the molecule is CB1c2c(oc3ccccc23)C=C(C)N1N1c2ccccc2N(c2ccccc2)C1(C)C. The summed E-state index contributed by atoms with van der Waals surface area (Å²) in [4.78, 5) is 4.87. The van der Waals surface area contributed by atoms with Crippen LogP contribution in [0.25, 0.3) is 17.0 Å². The lowest BCUT2D eigenvalue weighted by Gasteiger charge is -2.50. The van der Waals surface area contributed by atoms with E-state index in [0.29, 0.717) is 0 Å². The van der Waals surface area contributed by atoms with Crippen molar-refractivity contribution in [3.63, 3.8) is 0 Å². The van der Waals surface area contributed by atoms with Crippen molar-refractivity contribution < 1.29 is 4.42 Å². The molecule has 0 saturated carbocycles. The highest BCUT2D eigenvalue weighted by Gasteiger charge is 2.49. The Hall–Kier alpha value is -3.60. The molecule has 6 rings (SSSR count). The summed E-state index contributed by atoms with van der Waals surface area (Å²) < 4.78 is 6.22. The van der Waals surface area contributed by atoms with Crippen LogP contribution in [0.4, 0.5) is 17.1 Å². The highest BCUT2D eigenvalue weighted by Crippen LogP contribution is 2.50. The number of allylic oxidation sites excluding steroid dienone is 1. The third-order valence-corrected chi connectivity index (χ3v) is 6.79. The van der Waals surface area contributed by atoms with Gasteiger partial charge in [0.15, 0.2) is 0 Å². The summed E-state index contributed by atoms with van der Waals surface area (Å²) >= 11 is 0. The van der Waals surface area contributed by atoms with Crippen LogP contribution in [0.2, 0.25) is 6.82 Å². The molecule has 0 saturated heterocycles. The highest BCUT2D eigenvalue weighted by atomic mass is 16.3. The molecule has 2 aliphatic rings. The molecule has 0 unspecified atom stereocenters. The maximum Gasteiger partial charge on any atom is 0.315 e. The Bertz CT molecular complexity index is 1360. The second kappa shape index (κ2) is 6.70. The molecular formula is C27H26BN3O. The molecule has 0 amide bonds. The lowest BCUT2D eigenvalue weighted by molar-refractivity contribution is 0.354. The van der Waals surface area contributed by atoms with Crippen molar-refractivity contribution in [3.8, 4) is 0 Å². The molecule has 32 heavy (non-hydrogen) atoms. The standard InChI is InChI=1S/C27H26BN3O/c1-19-18-25-26(21-14-8-11-17-24(21)32-25)28(4)31(19)30-23-16-10-9-15-22(23)29(27(30,2)3)20-12-6-5-7-13-20/h5-18H,1-4H3. The molecule has 1 aromatic heterocycles.